The summed E-state index contributed by atoms with van der Waals surface area (Å²) in [6, 6.07) is 6.01. The molecule has 1 N–H and O–H groups in total. The van der Waals surface area contributed by atoms with Crippen LogP contribution >= 0.6 is 11.6 Å². The molecule has 7 heteroatoms. The summed E-state index contributed by atoms with van der Waals surface area (Å²) in [4.78, 5) is 12.0. The number of ether oxygens (including phenoxy) is 1. The van der Waals surface area contributed by atoms with Gasteiger partial charge in [0.25, 0.3) is 5.91 Å². The molecule has 0 bridgehead atoms. The highest BCUT2D eigenvalue weighted by molar-refractivity contribution is 7.91. The zero-order chi connectivity index (χ0) is 14.0. The van der Waals surface area contributed by atoms with E-state index in [0.717, 1.165) is 0 Å². The normalized spacial score (nSPS) is 24.9. The number of hydrogen-bond donors (Lipinski definition) is 1. The highest BCUT2D eigenvalue weighted by atomic mass is 35.5. The fraction of sp³-hybridized carbons (Fsp3) is 0.417. The highest BCUT2D eigenvalue weighted by Crippen LogP contribution is 2.19. The lowest BCUT2D eigenvalue weighted by Gasteiger charge is -2.14. The SMILES string of the molecule is COc1ccc(C(=O)N[C@H]2CS(=O)(=O)C[C@@H]2Cl)cc1. The van der Waals surface area contributed by atoms with Gasteiger partial charge < -0.3 is 10.1 Å². The fourth-order valence-electron chi connectivity index (χ4n) is 1.93. The number of halogens is 1. The molecule has 0 spiro atoms. The van der Waals surface area contributed by atoms with Gasteiger partial charge in [-0.15, -0.1) is 11.6 Å². The number of carbonyl (C=O) groups is 1. The summed E-state index contributed by atoms with van der Waals surface area (Å²) >= 11 is 5.93. The van der Waals surface area contributed by atoms with Crippen LogP contribution < -0.4 is 10.1 Å². The summed E-state index contributed by atoms with van der Waals surface area (Å²) in [6.07, 6.45) is 0. The van der Waals surface area contributed by atoms with Crippen LogP contribution in [0.5, 0.6) is 5.75 Å². The van der Waals surface area contributed by atoms with Crippen molar-refractivity contribution >= 4 is 27.3 Å². The Hall–Kier alpha value is -1.27. The summed E-state index contributed by atoms with van der Waals surface area (Å²) in [6.45, 7) is 0. The Balaban J connectivity index is 2.05. The second kappa shape index (κ2) is 5.38. The van der Waals surface area contributed by atoms with Crippen molar-refractivity contribution in [1.29, 1.82) is 0 Å². The van der Waals surface area contributed by atoms with Gasteiger partial charge in [0.05, 0.1) is 30.0 Å². The van der Waals surface area contributed by atoms with Gasteiger partial charge in [0.1, 0.15) is 5.75 Å². The standard InChI is InChI=1S/C12H14ClNO4S/c1-18-9-4-2-8(3-5-9)12(15)14-11-7-19(16,17)6-10(11)13/h2-5,10-11H,6-7H2,1H3,(H,14,15)/t10-,11-/m0/s1. The van der Waals surface area contributed by atoms with Crippen molar-refractivity contribution in [3.63, 3.8) is 0 Å². The van der Waals surface area contributed by atoms with Gasteiger partial charge in [-0.3, -0.25) is 4.79 Å². The molecule has 5 nitrogen and oxygen atoms in total. The van der Waals surface area contributed by atoms with Crippen LogP contribution in [0.4, 0.5) is 0 Å². The van der Waals surface area contributed by atoms with Gasteiger partial charge in [-0.05, 0) is 24.3 Å². The Morgan fingerprint density at radius 1 is 1.32 bits per heavy atom. The second-order valence-corrected chi connectivity index (χ2v) is 7.12. The molecule has 0 radical (unpaired) electrons. The Morgan fingerprint density at radius 2 is 1.95 bits per heavy atom. The van der Waals surface area contributed by atoms with Crippen LogP contribution in [-0.4, -0.2) is 44.4 Å². The number of nitrogens with one attached hydrogen (secondary N) is 1. The Kier molecular flexibility index (Phi) is 4.01. The third-order valence-corrected chi connectivity index (χ3v) is 5.33. The molecule has 1 fully saturated rings. The van der Waals surface area contributed by atoms with Gasteiger partial charge in [0.15, 0.2) is 9.84 Å². The van der Waals surface area contributed by atoms with E-state index >= 15 is 0 Å². The molecule has 1 aromatic rings. The number of methoxy groups -OCH3 is 1. The van der Waals surface area contributed by atoms with Gasteiger partial charge in [0, 0.05) is 5.56 Å². The van der Waals surface area contributed by atoms with Gasteiger partial charge >= 0.3 is 0 Å². The summed E-state index contributed by atoms with van der Waals surface area (Å²) in [5, 5.41) is 2.07. The van der Waals surface area contributed by atoms with Crippen LogP contribution in [0, 0.1) is 0 Å². The monoisotopic (exact) mass is 303 g/mol. The van der Waals surface area contributed by atoms with E-state index in [1.807, 2.05) is 0 Å². The summed E-state index contributed by atoms with van der Waals surface area (Å²) < 4.78 is 27.8. The minimum atomic E-state index is -3.15. The zero-order valence-corrected chi connectivity index (χ0v) is 11.9. The van der Waals surface area contributed by atoms with Crippen molar-refractivity contribution in [2.24, 2.45) is 0 Å². The minimum absolute atomic E-state index is 0.0951. The van der Waals surface area contributed by atoms with Crippen LogP contribution in [0.1, 0.15) is 10.4 Å². The van der Waals surface area contributed by atoms with Gasteiger partial charge in [-0.1, -0.05) is 0 Å². The Labute approximate surface area is 116 Å². The lowest BCUT2D eigenvalue weighted by atomic mass is 10.2. The molecule has 1 aliphatic rings. The van der Waals surface area contributed by atoms with Gasteiger partial charge in [-0.2, -0.15) is 0 Å². The molecular weight excluding hydrogens is 290 g/mol. The quantitative estimate of drug-likeness (QED) is 0.840. The largest absolute Gasteiger partial charge is 0.497 e. The van der Waals surface area contributed by atoms with E-state index < -0.39 is 21.3 Å². The third-order valence-electron chi connectivity index (χ3n) is 2.95. The molecule has 1 aliphatic heterocycles. The van der Waals surface area contributed by atoms with Gasteiger partial charge in [-0.25, -0.2) is 8.42 Å². The molecule has 0 saturated carbocycles. The number of carbonyl (C=O) groups excluding carboxylic acids is 1. The zero-order valence-electron chi connectivity index (χ0n) is 10.3. The summed E-state index contributed by atoms with van der Waals surface area (Å²) in [5.74, 6) is 0.108. The third kappa shape index (κ3) is 3.39. The average molecular weight is 304 g/mol. The smallest absolute Gasteiger partial charge is 0.251 e. The topological polar surface area (TPSA) is 72.5 Å². The van der Waals surface area contributed by atoms with Crippen LogP contribution in [-0.2, 0) is 9.84 Å². The van der Waals surface area contributed by atoms with E-state index in [4.69, 9.17) is 16.3 Å². The first-order valence-corrected chi connectivity index (χ1v) is 7.96. The lowest BCUT2D eigenvalue weighted by Crippen LogP contribution is -2.40. The Bertz CT molecular complexity index is 570. The molecule has 2 atom stereocenters. The van der Waals surface area contributed by atoms with E-state index in [9.17, 15) is 13.2 Å². The molecular formula is C12H14ClNO4S. The summed E-state index contributed by atoms with van der Waals surface area (Å²) in [5.41, 5.74) is 0.439. The maximum Gasteiger partial charge on any atom is 0.251 e. The van der Waals surface area contributed by atoms with Crippen molar-refractivity contribution in [1.82, 2.24) is 5.32 Å². The Morgan fingerprint density at radius 3 is 2.42 bits per heavy atom. The number of amides is 1. The van der Waals surface area contributed by atoms with Crippen molar-refractivity contribution in [2.75, 3.05) is 18.6 Å². The maximum atomic E-state index is 12.0. The van der Waals surface area contributed by atoms with E-state index in [2.05, 4.69) is 5.32 Å². The van der Waals surface area contributed by atoms with E-state index in [1.54, 1.807) is 24.3 Å². The van der Waals surface area contributed by atoms with Crippen molar-refractivity contribution in [2.45, 2.75) is 11.4 Å². The van der Waals surface area contributed by atoms with Crippen LogP contribution in [0.2, 0.25) is 0 Å². The molecule has 0 aliphatic carbocycles. The molecule has 19 heavy (non-hydrogen) atoms. The van der Waals surface area contributed by atoms with E-state index in [0.29, 0.717) is 11.3 Å². The minimum Gasteiger partial charge on any atom is -0.497 e. The molecule has 0 unspecified atom stereocenters. The van der Waals surface area contributed by atoms with E-state index in [-0.39, 0.29) is 17.4 Å². The molecule has 1 heterocycles. The molecule has 2 rings (SSSR count). The van der Waals surface area contributed by atoms with Gasteiger partial charge in [0.2, 0.25) is 0 Å². The predicted octanol–water partition coefficient (Wildman–Crippen LogP) is 0.829. The summed E-state index contributed by atoms with van der Waals surface area (Å²) in [7, 11) is -1.61. The molecule has 1 amide bonds. The predicted molar refractivity (Wildman–Crippen MR) is 72.5 cm³/mol. The first-order chi connectivity index (χ1) is 8.91. The number of sulfone groups is 1. The maximum absolute atomic E-state index is 12.0. The second-order valence-electron chi connectivity index (χ2n) is 4.40. The number of benzene rings is 1. The van der Waals surface area contributed by atoms with Crippen molar-refractivity contribution in [3.05, 3.63) is 29.8 Å². The van der Waals surface area contributed by atoms with Crippen LogP contribution in [0.25, 0.3) is 0 Å². The number of hydrogen-bond acceptors (Lipinski definition) is 4. The number of rotatable bonds is 3. The average Bonchev–Trinajstić information content (AvgIpc) is 2.62. The molecule has 1 aromatic carbocycles. The number of alkyl halides is 1. The van der Waals surface area contributed by atoms with Crippen LogP contribution in [0.3, 0.4) is 0 Å². The highest BCUT2D eigenvalue weighted by Gasteiger charge is 2.37. The molecule has 1 saturated heterocycles. The first-order valence-electron chi connectivity index (χ1n) is 5.71. The van der Waals surface area contributed by atoms with E-state index in [1.165, 1.54) is 7.11 Å². The lowest BCUT2D eigenvalue weighted by molar-refractivity contribution is 0.0941. The van der Waals surface area contributed by atoms with Crippen molar-refractivity contribution in [3.8, 4) is 5.75 Å². The molecule has 0 aromatic heterocycles. The first kappa shape index (κ1) is 14.1. The fourth-order valence-corrected chi connectivity index (χ4v) is 4.48. The van der Waals surface area contributed by atoms with Crippen molar-refractivity contribution < 1.29 is 17.9 Å². The molecule has 104 valence electrons. The van der Waals surface area contributed by atoms with Crippen LogP contribution in [0.15, 0.2) is 24.3 Å².